The molecule has 164 valence electrons. The average molecular weight is 489 g/mol. The number of aromatic amines is 1. The smallest absolute Gasteiger partial charge is 0.272 e. The number of hydrogen-bond donors (Lipinski definition) is 3. The summed E-state index contributed by atoms with van der Waals surface area (Å²) < 4.78 is 0. The van der Waals surface area contributed by atoms with Crippen LogP contribution in [0.1, 0.15) is 34.1 Å². The largest absolute Gasteiger partial charge is 0.350 e. The molecule has 1 unspecified atom stereocenters. The van der Waals surface area contributed by atoms with E-state index in [1.807, 2.05) is 24.3 Å². The third-order valence-electron chi connectivity index (χ3n) is 5.26. The number of rotatable bonds is 7. The lowest BCUT2D eigenvalue weighted by molar-refractivity contribution is 0.0467. The van der Waals surface area contributed by atoms with Gasteiger partial charge in [-0.05, 0) is 78.6 Å². The Morgan fingerprint density at radius 1 is 0.938 bits per heavy atom. The van der Waals surface area contributed by atoms with Gasteiger partial charge in [-0.15, -0.1) is 0 Å². The lowest BCUT2D eigenvalue weighted by atomic mass is 9.99. The molecule has 4 rings (SSSR count). The van der Waals surface area contributed by atoms with Gasteiger partial charge >= 0.3 is 0 Å². The second-order valence-electron chi connectivity index (χ2n) is 7.34. The number of amides is 1. The summed E-state index contributed by atoms with van der Waals surface area (Å²) >= 11 is 18.2. The Morgan fingerprint density at radius 3 is 2.22 bits per heavy atom. The minimum Gasteiger partial charge on any atom is -0.350 e. The second-order valence-corrected chi connectivity index (χ2v) is 8.65. The predicted molar refractivity (Wildman–Crippen MR) is 131 cm³/mol. The Labute approximate surface area is 200 Å². The highest BCUT2D eigenvalue weighted by atomic mass is 35.5. The Balaban J connectivity index is 1.64. The normalized spacial score (nSPS) is 12.1. The standard InChI is InChI=1S/C24H20Cl3N3O2/c25-15-3-1-14(2-4-15)22(32-28)12-10-19-20-13-17(27)7-11-21(20)30-23(19)24(31)29-18-8-5-16(26)6-9-18/h1-9,11,13,22,30H,10,12,28H2,(H,29,31). The number of anilines is 1. The minimum atomic E-state index is -0.358. The van der Waals surface area contributed by atoms with Crippen LogP contribution in [0.2, 0.25) is 15.1 Å². The number of nitrogens with two attached hydrogens (primary N) is 1. The summed E-state index contributed by atoms with van der Waals surface area (Å²) in [5, 5.41) is 5.61. The van der Waals surface area contributed by atoms with Gasteiger partial charge in [0.1, 0.15) is 11.8 Å². The fourth-order valence-electron chi connectivity index (χ4n) is 3.67. The van der Waals surface area contributed by atoms with Crippen LogP contribution in [-0.4, -0.2) is 10.9 Å². The summed E-state index contributed by atoms with van der Waals surface area (Å²) in [6, 6.07) is 19.8. The Morgan fingerprint density at radius 2 is 1.56 bits per heavy atom. The molecule has 3 aromatic carbocycles. The van der Waals surface area contributed by atoms with Crippen LogP contribution in [0.15, 0.2) is 66.7 Å². The maximum Gasteiger partial charge on any atom is 0.272 e. The second kappa shape index (κ2) is 9.94. The molecule has 1 atom stereocenters. The van der Waals surface area contributed by atoms with E-state index in [4.69, 9.17) is 45.5 Å². The molecule has 8 heteroatoms. The summed E-state index contributed by atoms with van der Waals surface area (Å²) in [5.41, 5.74) is 3.67. The highest BCUT2D eigenvalue weighted by molar-refractivity contribution is 6.31. The molecule has 0 aliphatic rings. The molecule has 0 bridgehead atoms. The van der Waals surface area contributed by atoms with E-state index < -0.39 is 0 Å². The zero-order valence-corrected chi connectivity index (χ0v) is 19.1. The molecule has 0 aliphatic carbocycles. The summed E-state index contributed by atoms with van der Waals surface area (Å²) in [4.78, 5) is 21.6. The Hall–Kier alpha value is -2.54. The summed E-state index contributed by atoms with van der Waals surface area (Å²) in [6.07, 6.45) is 0.733. The van der Waals surface area contributed by atoms with Crippen molar-refractivity contribution < 1.29 is 9.63 Å². The first-order valence-electron chi connectivity index (χ1n) is 9.92. The monoisotopic (exact) mass is 487 g/mol. The van der Waals surface area contributed by atoms with Crippen molar-refractivity contribution in [3.63, 3.8) is 0 Å². The van der Waals surface area contributed by atoms with Crippen LogP contribution in [0.4, 0.5) is 5.69 Å². The van der Waals surface area contributed by atoms with E-state index >= 15 is 0 Å². The van der Waals surface area contributed by atoms with E-state index in [0.29, 0.717) is 39.3 Å². The molecule has 32 heavy (non-hydrogen) atoms. The van der Waals surface area contributed by atoms with Gasteiger partial charge in [0, 0.05) is 31.7 Å². The summed E-state index contributed by atoms with van der Waals surface area (Å²) in [7, 11) is 0. The average Bonchev–Trinajstić information content (AvgIpc) is 3.15. The molecule has 4 N–H and O–H groups in total. The topological polar surface area (TPSA) is 80.1 Å². The number of carbonyl (C=O) groups is 1. The molecular formula is C24H20Cl3N3O2. The van der Waals surface area contributed by atoms with E-state index in [9.17, 15) is 4.79 Å². The first kappa shape index (κ1) is 22.6. The third kappa shape index (κ3) is 5.09. The van der Waals surface area contributed by atoms with Crippen LogP contribution in [0.5, 0.6) is 0 Å². The molecular weight excluding hydrogens is 469 g/mol. The first-order valence-corrected chi connectivity index (χ1v) is 11.1. The maximum atomic E-state index is 13.1. The molecule has 1 aromatic heterocycles. The van der Waals surface area contributed by atoms with Crippen LogP contribution in [-0.2, 0) is 11.3 Å². The fourth-order valence-corrected chi connectivity index (χ4v) is 4.09. The number of aromatic nitrogens is 1. The zero-order chi connectivity index (χ0) is 22.7. The molecule has 0 saturated carbocycles. The molecule has 1 amide bonds. The first-order chi connectivity index (χ1) is 15.4. The number of H-pyrrole nitrogens is 1. The van der Waals surface area contributed by atoms with Crippen molar-refractivity contribution in [1.82, 2.24) is 4.98 Å². The van der Waals surface area contributed by atoms with Crippen LogP contribution in [0, 0.1) is 0 Å². The predicted octanol–water partition coefficient (Wildman–Crippen LogP) is 6.94. The van der Waals surface area contributed by atoms with Crippen molar-refractivity contribution in [2.24, 2.45) is 5.90 Å². The van der Waals surface area contributed by atoms with E-state index in [0.717, 1.165) is 22.0 Å². The number of aryl methyl sites for hydroxylation is 1. The maximum absolute atomic E-state index is 13.1. The van der Waals surface area contributed by atoms with Crippen molar-refractivity contribution in [2.45, 2.75) is 18.9 Å². The van der Waals surface area contributed by atoms with Crippen LogP contribution in [0.3, 0.4) is 0 Å². The molecule has 5 nitrogen and oxygen atoms in total. The third-order valence-corrected chi connectivity index (χ3v) is 6.00. The van der Waals surface area contributed by atoms with Crippen molar-refractivity contribution >= 4 is 57.3 Å². The highest BCUT2D eigenvalue weighted by Gasteiger charge is 2.21. The number of hydrogen-bond acceptors (Lipinski definition) is 3. The van der Waals surface area contributed by atoms with Gasteiger partial charge in [0.2, 0.25) is 0 Å². The van der Waals surface area contributed by atoms with Crippen molar-refractivity contribution in [3.8, 4) is 0 Å². The number of carbonyl (C=O) groups excluding carboxylic acids is 1. The van der Waals surface area contributed by atoms with Gasteiger partial charge in [-0.3, -0.25) is 9.63 Å². The van der Waals surface area contributed by atoms with Gasteiger partial charge in [0.15, 0.2) is 0 Å². The summed E-state index contributed by atoms with van der Waals surface area (Å²) in [5.74, 6) is 5.32. The van der Waals surface area contributed by atoms with Gasteiger partial charge in [-0.25, -0.2) is 5.90 Å². The number of halogens is 3. The van der Waals surface area contributed by atoms with Gasteiger partial charge in [0.25, 0.3) is 5.91 Å². The number of benzene rings is 3. The lowest BCUT2D eigenvalue weighted by Gasteiger charge is -2.15. The molecule has 0 saturated heterocycles. The minimum absolute atomic E-state index is 0.258. The van der Waals surface area contributed by atoms with Gasteiger partial charge in [0.05, 0.1) is 0 Å². The van der Waals surface area contributed by atoms with E-state index in [-0.39, 0.29) is 12.0 Å². The quantitative estimate of drug-likeness (QED) is 0.246. The molecule has 0 aliphatic heterocycles. The van der Waals surface area contributed by atoms with Crippen molar-refractivity contribution in [2.75, 3.05) is 5.32 Å². The number of nitrogens with one attached hydrogen (secondary N) is 2. The van der Waals surface area contributed by atoms with E-state index in [1.165, 1.54) is 0 Å². The van der Waals surface area contributed by atoms with Crippen LogP contribution < -0.4 is 11.2 Å². The van der Waals surface area contributed by atoms with Crippen molar-refractivity contribution in [1.29, 1.82) is 0 Å². The molecule has 0 radical (unpaired) electrons. The Kier molecular flexibility index (Phi) is 7.04. The molecule has 4 aromatic rings. The van der Waals surface area contributed by atoms with Crippen molar-refractivity contribution in [3.05, 3.63) is 98.6 Å². The highest BCUT2D eigenvalue weighted by Crippen LogP contribution is 2.30. The lowest BCUT2D eigenvalue weighted by Crippen LogP contribution is -2.15. The number of fused-ring (bicyclic) bond motifs is 1. The van der Waals surface area contributed by atoms with Gasteiger partial charge in [-0.1, -0.05) is 46.9 Å². The van der Waals surface area contributed by atoms with Gasteiger partial charge in [-0.2, -0.15) is 0 Å². The van der Waals surface area contributed by atoms with Gasteiger partial charge < -0.3 is 10.3 Å². The van der Waals surface area contributed by atoms with Crippen LogP contribution >= 0.6 is 34.8 Å². The molecule has 0 spiro atoms. The SMILES string of the molecule is NOC(CCc1c(C(=O)Nc2ccc(Cl)cc2)[nH]c2ccc(Cl)cc12)c1ccc(Cl)cc1. The fraction of sp³-hybridized carbons (Fsp3) is 0.125. The Bertz CT molecular complexity index is 1240. The van der Waals surface area contributed by atoms with E-state index in [1.54, 1.807) is 42.5 Å². The molecule has 0 fully saturated rings. The van der Waals surface area contributed by atoms with Crippen LogP contribution in [0.25, 0.3) is 10.9 Å². The van der Waals surface area contributed by atoms with E-state index in [2.05, 4.69) is 10.3 Å². The summed E-state index contributed by atoms with van der Waals surface area (Å²) in [6.45, 7) is 0. The zero-order valence-electron chi connectivity index (χ0n) is 16.9. The molecule has 1 heterocycles.